The standard InChI is InChI=1S/C16H15N3O5S/c1-24-14-8-9-16(15(12-14)19(20)21)25(22,23)18(11-5-10-17)13-6-3-2-4-7-13/h2-4,6-9,12H,5,11H2,1H3. The second-order valence-corrected chi connectivity index (χ2v) is 6.74. The fourth-order valence-corrected chi connectivity index (χ4v) is 3.84. The molecule has 9 heteroatoms. The Morgan fingerprint density at radius 3 is 2.48 bits per heavy atom. The molecule has 0 aromatic heterocycles. The highest BCUT2D eigenvalue weighted by Gasteiger charge is 2.32. The van der Waals surface area contributed by atoms with Crippen LogP contribution < -0.4 is 9.04 Å². The van der Waals surface area contributed by atoms with E-state index in [-0.39, 0.29) is 18.7 Å². The summed E-state index contributed by atoms with van der Waals surface area (Å²) >= 11 is 0. The molecule has 0 amide bonds. The van der Waals surface area contributed by atoms with Gasteiger partial charge in [-0.25, -0.2) is 8.42 Å². The van der Waals surface area contributed by atoms with Gasteiger partial charge in [0.2, 0.25) is 0 Å². The predicted octanol–water partition coefficient (Wildman–Crippen LogP) is 2.71. The molecule has 0 saturated heterocycles. The first-order valence-electron chi connectivity index (χ1n) is 7.19. The number of benzene rings is 2. The molecule has 0 bridgehead atoms. The van der Waals surface area contributed by atoms with E-state index in [4.69, 9.17) is 10.00 Å². The lowest BCUT2D eigenvalue weighted by Crippen LogP contribution is -2.32. The molecule has 0 aliphatic carbocycles. The molecule has 2 aromatic rings. The molecule has 0 saturated carbocycles. The van der Waals surface area contributed by atoms with Crippen LogP contribution in [0.2, 0.25) is 0 Å². The smallest absolute Gasteiger partial charge is 0.293 e. The van der Waals surface area contributed by atoms with Gasteiger partial charge in [0.15, 0.2) is 4.90 Å². The number of para-hydroxylation sites is 1. The number of hydrogen-bond donors (Lipinski definition) is 0. The molecule has 0 spiro atoms. The van der Waals surface area contributed by atoms with E-state index >= 15 is 0 Å². The molecule has 2 rings (SSSR count). The summed E-state index contributed by atoms with van der Waals surface area (Å²) in [6.07, 6.45) is -0.0575. The summed E-state index contributed by atoms with van der Waals surface area (Å²) in [5.74, 6) is 0.175. The van der Waals surface area contributed by atoms with Crippen molar-refractivity contribution in [1.82, 2.24) is 0 Å². The lowest BCUT2D eigenvalue weighted by molar-refractivity contribution is -0.387. The molecule has 0 aliphatic rings. The first kappa shape index (κ1) is 18.2. The topological polar surface area (TPSA) is 114 Å². The lowest BCUT2D eigenvalue weighted by Gasteiger charge is -2.23. The van der Waals surface area contributed by atoms with Crippen LogP contribution in [0.25, 0.3) is 0 Å². The van der Waals surface area contributed by atoms with Gasteiger partial charge in [-0.1, -0.05) is 18.2 Å². The summed E-state index contributed by atoms with van der Waals surface area (Å²) < 4.78 is 32.0. The molecule has 0 aliphatic heterocycles. The molecule has 0 fully saturated rings. The number of nitrogens with zero attached hydrogens (tertiary/aromatic N) is 3. The van der Waals surface area contributed by atoms with E-state index in [0.29, 0.717) is 5.69 Å². The van der Waals surface area contributed by atoms with E-state index in [2.05, 4.69) is 0 Å². The molecular formula is C16H15N3O5S. The van der Waals surface area contributed by atoms with Gasteiger partial charge in [-0.05, 0) is 24.3 Å². The number of methoxy groups -OCH3 is 1. The first-order chi connectivity index (χ1) is 11.9. The number of nitro benzene ring substituents is 1. The zero-order valence-corrected chi connectivity index (χ0v) is 14.1. The summed E-state index contributed by atoms with van der Waals surface area (Å²) in [6.45, 7) is -0.119. The molecule has 0 N–H and O–H groups in total. The van der Waals surface area contributed by atoms with Crippen LogP contribution in [0, 0.1) is 21.4 Å². The summed E-state index contributed by atoms with van der Waals surface area (Å²) in [5.41, 5.74) is -0.264. The Morgan fingerprint density at radius 1 is 1.24 bits per heavy atom. The Hall–Kier alpha value is -3.12. The second kappa shape index (κ2) is 7.63. The van der Waals surface area contributed by atoms with Crippen molar-refractivity contribution in [3.8, 4) is 11.8 Å². The molecule has 2 aromatic carbocycles. The number of nitriles is 1. The third kappa shape index (κ3) is 3.87. The second-order valence-electron chi connectivity index (χ2n) is 4.91. The minimum Gasteiger partial charge on any atom is -0.497 e. The highest BCUT2D eigenvalue weighted by molar-refractivity contribution is 7.93. The van der Waals surface area contributed by atoms with Gasteiger partial charge in [-0.2, -0.15) is 5.26 Å². The molecule has 130 valence electrons. The van der Waals surface area contributed by atoms with Crippen molar-refractivity contribution in [2.24, 2.45) is 0 Å². The van der Waals surface area contributed by atoms with Gasteiger partial charge in [0, 0.05) is 6.54 Å². The van der Waals surface area contributed by atoms with Crippen LogP contribution in [-0.2, 0) is 10.0 Å². The van der Waals surface area contributed by atoms with Crippen LogP contribution in [0.4, 0.5) is 11.4 Å². The Balaban J connectivity index is 2.61. The van der Waals surface area contributed by atoms with Gasteiger partial charge in [0.1, 0.15) is 5.75 Å². The monoisotopic (exact) mass is 361 g/mol. The van der Waals surface area contributed by atoms with Crippen molar-refractivity contribution < 1.29 is 18.1 Å². The summed E-state index contributed by atoms with van der Waals surface area (Å²) in [4.78, 5) is 10.1. The molecule has 0 atom stereocenters. The fraction of sp³-hybridized carbons (Fsp3) is 0.188. The minimum atomic E-state index is -4.24. The maximum atomic E-state index is 13.0. The Morgan fingerprint density at radius 2 is 1.92 bits per heavy atom. The minimum absolute atomic E-state index is 0.0575. The molecule has 0 radical (unpaired) electrons. The van der Waals surface area contributed by atoms with Crippen LogP contribution in [0.15, 0.2) is 53.4 Å². The third-order valence-electron chi connectivity index (χ3n) is 3.40. The number of nitro groups is 1. The normalized spacial score (nSPS) is 10.7. The van der Waals surface area contributed by atoms with Crippen LogP contribution >= 0.6 is 0 Å². The van der Waals surface area contributed by atoms with Gasteiger partial charge >= 0.3 is 0 Å². The average Bonchev–Trinajstić information content (AvgIpc) is 2.62. The number of ether oxygens (including phenoxy) is 1. The van der Waals surface area contributed by atoms with Crippen molar-refractivity contribution in [2.45, 2.75) is 11.3 Å². The highest BCUT2D eigenvalue weighted by atomic mass is 32.2. The molecule has 8 nitrogen and oxygen atoms in total. The number of anilines is 1. The first-order valence-corrected chi connectivity index (χ1v) is 8.63. The van der Waals surface area contributed by atoms with Crippen LogP contribution in [-0.4, -0.2) is 27.0 Å². The third-order valence-corrected chi connectivity index (χ3v) is 5.28. The number of sulfonamides is 1. The van der Waals surface area contributed by atoms with Crippen LogP contribution in [0.5, 0.6) is 5.75 Å². The fourth-order valence-electron chi connectivity index (χ4n) is 2.24. The zero-order valence-electron chi connectivity index (χ0n) is 13.3. The van der Waals surface area contributed by atoms with Gasteiger partial charge in [-0.15, -0.1) is 0 Å². The van der Waals surface area contributed by atoms with Crippen LogP contribution in [0.3, 0.4) is 0 Å². The quantitative estimate of drug-likeness (QED) is 0.553. The van der Waals surface area contributed by atoms with Crippen molar-refractivity contribution in [3.63, 3.8) is 0 Å². The Labute approximate surface area is 145 Å². The van der Waals surface area contributed by atoms with E-state index < -0.39 is 25.5 Å². The highest BCUT2D eigenvalue weighted by Crippen LogP contribution is 2.32. The predicted molar refractivity (Wildman–Crippen MR) is 90.9 cm³/mol. The summed E-state index contributed by atoms with van der Waals surface area (Å²) in [6, 6.07) is 13.5. The van der Waals surface area contributed by atoms with Crippen molar-refractivity contribution in [2.75, 3.05) is 18.0 Å². The van der Waals surface area contributed by atoms with E-state index in [1.165, 1.54) is 13.2 Å². The average molecular weight is 361 g/mol. The van der Waals surface area contributed by atoms with Gasteiger partial charge < -0.3 is 4.74 Å². The SMILES string of the molecule is COc1ccc(S(=O)(=O)N(CCC#N)c2ccccc2)c([N+](=O)[O-])c1. The van der Waals surface area contributed by atoms with Crippen molar-refractivity contribution in [1.29, 1.82) is 5.26 Å². The van der Waals surface area contributed by atoms with Gasteiger partial charge in [-0.3, -0.25) is 14.4 Å². The van der Waals surface area contributed by atoms with E-state index in [9.17, 15) is 18.5 Å². The van der Waals surface area contributed by atoms with Gasteiger partial charge in [0.25, 0.3) is 15.7 Å². The maximum absolute atomic E-state index is 13.0. The zero-order chi connectivity index (χ0) is 18.4. The van der Waals surface area contributed by atoms with Crippen molar-refractivity contribution in [3.05, 3.63) is 58.6 Å². The van der Waals surface area contributed by atoms with Crippen LogP contribution in [0.1, 0.15) is 6.42 Å². The molecule has 0 unspecified atom stereocenters. The molecule has 0 heterocycles. The Kier molecular flexibility index (Phi) is 5.56. The summed E-state index contributed by atoms with van der Waals surface area (Å²) in [7, 11) is -2.91. The van der Waals surface area contributed by atoms with E-state index in [0.717, 1.165) is 16.4 Å². The lowest BCUT2D eigenvalue weighted by atomic mass is 10.3. The molecular weight excluding hydrogens is 346 g/mol. The van der Waals surface area contributed by atoms with Gasteiger partial charge in [0.05, 0.1) is 36.3 Å². The van der Waals surface area contributed by atoms with E-state index in [1.807, 2.05) is 6.07 Å². The maximum Gasteiger partial charge on any atom is 0.293 e. The number of hydrogen-bond acceptors (Lipinski definition) is 6. The summed E-state index contributed by atoms with van der Waals surface area (Å²) in [5, 5.41) is 20.1. The molecule has 25 heavy (non-hydrogen) atoms. The number of rotatable bonds is 7. The Bertz CT molecular complexity index is 907. The largest absolute Gasteiger partial charge is 0.497 e. The van der Waals surface area contributed by atoms with E-state index in [1.54, 1.807) is 30.3 Å². The van der Waals surface area contributed by atoms with Crippen molar-refractivity contribution >= 4 is 21.4 Å².